The highest BCUT2D eigenvalue weighted by Crippen LogP contribution is 2.23. The number of hydrogen-bond donors (Lipinski definition) is 2. The van der Waals surface area contributed by atoms with Crippen LogP contribution in [-0.2, 0) is 4.79 Å². The highest BCUT2D eigenvalue weighted by Gasteiger charge is 2.09. The van der Waals surface area contributed by atoms with Crippen LogP contribution in [0.4, 0.5) is 5.69 Å². The van der Waals surface area contributed by atoms with E-state index in [1.807, 2.05) is 37.3 Å². The third kappa shape index (κ3) is 5.26. The number of hydrogen-bond acceptors (Lipinski definition) is 3. The molecule has 0 fully saturated rings. The predicted molar refractivity (Wildman–Crippen MR) is 120 cm³/mol. The minimum Gasteiger partial charge on any atom is -0.497 e. The molecule has 5 heteroatoms. The largest absolute Gasteiger partial charge is 0.497 e. The van der Waals surface area contributed by atoms with Crippen molar-refractivity contribution in [2.24, 2.45) is 0 Å². The molecule has 2 amide bonds. The van der Waals surface area contributed by atoms with Crippen molar-refractivity contribution in [2.75, 3.05) is 19.0 Å². The van der Waals surface area contributed by atoms with E-state index in [9.17, 15) is 9.59 Å². The topological polar surface area (TPSA) is 67.4 Å². The Bertz CT molecular complexity index is 1040. The fourth-order valence-corrected chi connectivity index (χ4v) is 3.21. The first kappa shape index (κ1) is 21.1. The van der Waals surface area contributed by atoms with Gasteiger partial charge in [0, 0.05) is 24.2 Å². The van der Waals surface area contributed by atoms with Crippen LogP contribution < -0.4 is 15.4 Å². The molecule has 0 heterocycles. The molecule has 0 unspecified atom stereocenters. The van der Waals surface area contributed by atoms with E-state index in [1.54, 1.807) is 31.4 Å². The molecule has 0 bridgehead atoms. The van der Waals surface area contributed by atoms with Gasteiger partial charge in [0.25, 0.3) is 5.91 Å². The number of amides is 2. The minimum absolute atomic E-state index is 0.154. The van der Waals surface area contributed by atoms with Crippen molar-refractivity contribution in [3.8, 4) is 16.9 Å². The summed E-state index contributed by atoms with van der Waals surface area (Å²) in [7, 11) is 1.60. The second kappa shape index (κ2) is 9.74. The number of ether oxygens (including phenoxy) is 1. The van der Waals surface area contributed by atoms with Crippen LogP contribution in [0.25, 0.3) is 11.1 Å². The first-order valence-corrected chi connectivity index (χ1v) is 9.86. The molecule has 0 saturated carbocycles. The Hall–Kier alpha value is -3.60. The molecule has 3 rings (SSSR count). The van der Waals surface area contributed by atoms with Gasteiger partial charge >= 0.3 is 0 Å². The van der Waals surface area contributed by atoms with Crippen LogP contribution in [0.2, 0.25) is 0 Å². The zero-order chi connectivity index (χ0) is 21.5. The Kier molecular flexibility index (Phi) is 6.86. The van der Waals surface area contributed by atoms with Crippen LogP contribution in [0.5, 0.6) is 5.75 Å². The van der Waals surface area contributed by atoms with Crippen LogP contribution in [0, 0.1) is 13.8 Å². The number of methoxy groups -OCH3 is 1. The van der Waals surface area contributed by atoms with E-state index in [1.165, 1.54) is 5.56 Å². The van der Waals surface area contributed by atoms with Gasteiger partial charge in [-0.1, -0.05) is 36.4 Å². The molecule has 3 aromatic carbocycles. The van der Waals surface area contributed by atoms with Crippen LogP contribution >= 0.6 is 0 Å². The molecule has 0 aliphatic heterocycles. The Balaban J connectivity index is 1.51. The molecule has 0 atom stereocenters. The summed E-state index contributed by atoms with van der Waals surface area (Å²) in [6, 6.07) is 21.1. The van der Waals surface area contributed by atoms with E-state index in [-0.39, 0.29) is 24.8 Å². The standard InChI is InChI=1S/C25H26N2O3/c1-17-6-4-5-7-22(17)19-8-10-20(11-9-19)25(29)26-15-14-24(28)27-23-13-12-21(30-3)16-18(23)2/h4-13,16H,14-15H2,1-3H3,(H,26,29)(H,27,28). The molecular formula is C25H26N2O3. The Labute approximate surface area is 177 Å². The van der Waals surface area contributed by atoms with Crippen LogP contribution in [0.1, 0.15) is 27.9 Å². The first-order valence-electron chi connectivity index (χ1n) is 9.86. The highest BCUT2D eigenvalue weighted by molar-refractivity contribution is 5.96. The average Bonchev–Trinajstić information content (AvgIpc) is 2.75. The van der Waals surface area contributed by atoms with Crippen LogP contribution in [0.3, 0.4) is 0 Å². The summed E-state index contributed by atoms with van der Waals surface area (Å²) in [5.41, 5.74) is 5.62. The van der Waals surface area contributed by atoms with E-state index in [2.05, 4.69) is 29.7 Å². The molecule has 3 aromatic rings. The third-order valence-corrected chi connectivity index (χ3v) is 4.95. The lowest BCUT2D eigenvalue weighted by Gasteiger charge is -2.11. The van der Waals surface area contributed by atoms with E-state index >= 15 is 0 Å². The van der Waals surface area contributed by atoms with Gasteiger partial charge in [-0.15, -0.1) is 0 Å². The fraction of sp³-hybridized carbons (Fsp3) is 0.200. The molecule has 0 saturated heterocycles. The molecule has 5 nitrogen and oxygen atoms in total. The van der Waals surface area contributed by atoms with Crippen molar-refractivity contribution in [3.63, 3.8) is 0 Å². The highest BCUT2D eigenvalue weighted by atomic mass is 16.5. The third-order valence-electron chi connectivity index (χ3n) is 4.95. The van der Waals surface area contributed by atoms with E-state index < -0.39 is 0 Å². The van der Waals surface area contributed by atoms with Gasteiger partial charge in [-0.2, -0.15) is 0 Å². The average molecular weight is 402 g/mol. The molecule has 0 spiro atoms. The number of rotatable bonds is 7. The van der Waals surface area contributed by atoms with Gasteiger partial charge < -0.3 is 15.4 Å². The molecule has 0 aliphatic rings. The molecule has 2 N–H and O–H groups in total. The van der Waals surface area contributed by atoms with Gasteiger partial charge in [0.2, 0.25) is 5.91 Å². The molecule has 0 radical (unpaired) electrons. The summed E-state index contributed by atoms with van der Waals surface area (Å²) in [5, 5.41) is 5.66. The Morgan fingerprint density at radius 1 is 0.900 bits per heavy atom. The van der Waals surface area contributed by atoms with E-state index in [0.717, 1.165) is 28.1 Å². The smallest absolute Gasteiger partial charge is 0.251 e. The van der Waals surface area contributed by atoms with Crippen molar-refractivity contribution in [3.05, 3.63) is 83.4 Å². The van der Waals surface area contributed by atoms with Gasteiger partial charge in [0.1, 0.15) is 5.75 Å². The lowest BCUT2D eigenvalue weighted by Crippen LogP contribution is -2.27. The molecular weight excluding hydrogens is 376 g/mol. The summed E-state index contributed by atoms with van der Waals surface area (Å²) in [5.74, 6) is 0.393. The lowest BCUT2D eigenvalue weighted by atomic mass is 9.99. The quantitative estimate of drug-likeness (QED) is 0.600. The molecule has 30 heavy (non-hydrogen) atoms. The Morgan fingerprint density at radius 3 is 2.30 bits per heavy atom. The van der Waals surface area contributed by atoms with Crippen molar-refractivity contribution < 1.29 is 14.3 Å². The number of benzene rings is 3. The van der Waals surface area contributed by atoms with E-state index in [0.29, 0.717) is 5.56 Å². The summed E-state index contributed by atoms with van der Waals surface area (Å²) in [6.07, 6.45) is 0.193. The lowest BCUT2D eigenvalue weighted by molar-refractivity contribution is -0.116. The SMILES string of the molecule is COc1ccc(NC(=O)CCNC(=O)c2ccc(-c3ccccc3C)cc2)c(C)c1. The summed E-state index contributed by atoms with van der Waals surface area (Å²) in [4.78, 5) is 24.5. The van der Waals surface area contributed by atoms with Gasteiger partial charge in [-0.25, -0.2) is 0 Å². The van der Waals surface area contributed by atoms with Gasteiger partial charge in [0.15, 0.2) is 0 Å². The maximum atomic E-state index is 12.4. The zero-order valence-corrected chi connectivity index (χ0v) is 17.5. The van der Waals surface area contributed by atoms with E-state index in [4.69, 9.17) is 4.74 Å². The fourth-order valence-electron chi connectivity index (χ4n) is 3.21. The minimum atomic E-state index is -0.195. The summed E-state index contributed by atoms with van der Waals surface area (Å²) >= 11 is 0. The number of anilines is 1. The summed E-state index contributed by atoms with van der Waals surface area (Å²) in [6.45, 7) is 4.23. The van der Waals surface area contributed by atoms with Gasteiger partial charge in [0.05, 0.1) is 7.11 Å². The predicted octanol–water partition coefficient (Wildman–Crippen LogP) is 4.74. The summed E-state index contributed by atoms with van der Waals surface area (Å²) < 4.78 is 5.17. The van der Waals surface area contributed by atoms with Gasteiger partial charge in [-0.3, -0.25) is 9.59 Å². The van der Waals surface area contributed by atoms with Crippen molar-refractivity contribution in [2.45, 2.75) is 20.3 Å². The molecule has 154 valence electrons. The number of carbonyl (C=O) groups excluding carboxylic acids is 2. The maximum Gasteiger partial charge on any atom is 0.251 e. The number of nitrogens with one attached hydrogen (secondary N) is 2. The second-order valence-electron chi connectivity index (χ2n) is 7.13. The zero-order valence-electron chi connectivity index (χ0n) is 17.5. The van der Waals surface area contributed by atoms with Gasteiger partial charge in [-0.05, 0) is 66.4 Å². The van der Waals surface area contributed by atoms with Crippen LogP contribution in [0.15, 0.2) is 66.7 Å². The van der Waals surface area contributed by atoms with Crippen molar-refractivity contribution >= 4 is 17.5 Å². The molecule has 0 aromatic heterocycles. The first-order chi connectivity index (χ1) is 14.5. The van der Waals surface area contributed by atoms with Crippen molar-refractivity contribution in [1.29, 1.82) is 0 Å². The number of aryl methyl sites for hydroxylation is 2. The Morgan fingerprint density at radius 2 is 1.63 bits per heavy atom. The maximum absolute atomic E-state index is 12.4. The second-order valence-corrected chi connectivity index (χ2v) is 7.13. The number of carbonyl (C=O) groups is 2. The van der Waals surface area contributed by atoms with Crippen molar-refractivity contribution in [1.82, 2.24) is 5.32 Å². The monoisotopic (exact) mass is 402 g/mol. The normalized spacial score (nSPS) is 10.4. The van der Waals surface area contributed by atoms with Crippen LogP contribution in [-0.4, -0.2) is 25.5 Å². The molecule has 0 aliphatic carbocycles.